The lowest BCUT2D eigenvalue weighted by Gasteiger charge is -2.30. The van der Waals surface area contributed by atoms with Crippen LogP contribution in [0.25, 0.3) is 27.5 Å². The Morgan fingerprint density at radius 3 is 2.81 bits per heavy atom. The summed E-state index contributed by atoms with van der Waals surface area (Å²) < 4.78 is 15.0. The van der Waals surface area contributed by atoms with E-state index in [1.165, 1.54) is 19.5 Å². The van der Waals surface area contributed by atoms with Crippen LogP contribution in [0.5, 0.6) is 0 Å². The van der Waals surface area contributed by atoms with Crippen molar-refractivity contribution in [2.75, 3.05) is 39.5 Å². The Balaban J connectivity index is 1.44. The van der Waals surface area contributed by atoms with Crippen molar-refractivity contribution in [2.45, 2.75) is 38.6 Å². The van der Waals surface area contributed by atoms with Crippen molar-refractivity contribution >= 4 is 34.2 Å². The first-order chi connectivity index (χ1) is 17.6. The highest BCUT2D eigenvalue weighted by Gasteiger charge is 2.23. The Morgan fingerprint density at radius 2 is 2.08 bits per heavy atom. The van der Waals surface area contributed by atoms with Gasteiger partial charge in [0.1, 0.15) is 0 Å². The van der Waals surface area contributed by atoms with E-state index in [1.807, 2.05) is 29.8 Å². The summed E-state index contributed by atoms with van der Waals surface area (Å²) in [7, 11) is 1.82. The third kappa shape index (κ3) is 4.88. The minimum Gasteiger partial charge on any atom is -0.478 e. The molecule has 3 aromatic rings. The Morgan fingerprint density at radius 1 is 1.28 bits per heavy atom. The number of aromatic nitrogens is 3. The van der Waals surface area contributed by atoms with Gasteiger partial charge < -0.3 is 14.4 Å². The van der Waals surface area contributed by atoms with Crippen LogP contribution in [0.1, 0.15) is 44.2 Å². The molecule has 1 aromatic carbocycles. The zero-order chi connectivity index (χ0) is 25.1. The molecule has 2 saturated heterocycles. The zero-order valence-electron chi connectivity index (χ0n) is 21.3. The number of aryl methyl sites for hydroxylation is 1. The van der Waals surface area contributed by atoms with E-state index in [0.717, 1.165) is 58.9 Å². The van der Waals surface area contributed by atoms with Crippen LogP contribution in [0.3, 0.4) is 0 Å². The number of nitrogens with zero attached hydrogens (tertiary/aromatic N) is 5. The van der Waals surface area contributed by atoms with Gasteiger partial charge in [-0.05, 0) is 75.7 Å². The number of fused-ring (bicyclic) bond motifs is 3. The van der Waals surface area contributed by atoms with Crippen LogP contribution in [0.2, 0.25) is 0 Å². The Kier molecular flexibility index (Phi) is 7.34. The molecule has 36 heavy (non-hydrogen) atoms. The third-order valence-corrected chi connectivity index (χ3v) is 7.38. The molecule has 190 valence electrons. The molecule has 2 fully saturated rings. The second-order valence-electron chi connectivity index (χ2n) is 9.69. The molecule has 0 bridgehead atoms. The van der Waals surface area contributed by atoms with Crippen LogP contribution < -0.4 is 5.69 Å². The van der Waals surface area contributed by atoms with E-state index in [0.29, 0.717) is 25.7 Å². The fraction of sp³-hybridized carbons (Fsp3) is 0.464. The first kappa shape index (κ1) is 24.5. The molecule has 2 aromatic heterocycles. The van der Waals surface area contributed by atoms with Crippen LogP contribution in [0.15, 0.2) is 52.2 Å². The van der Waals surface area contributed by atoms with Gasteiger partial charge in [0.2, 0.25) is 5.88 Å². The molecule has 8 heteroatoms. The maximum Gasteiger partial charge on any atom is 0.329 e. The van der Waals surface area contributed by atoms with Crippen molar-refractivity contribution in [3.63, 3.8) is 0 Å². The van der Waals surface area contributed by atoms with E-state index in [2.05, 4.69) is 40.7 Å². The van der Waals surface area contributed by atoms with Crippen LogP contribution >= 0.6 is 0 Å². The van der Waals surface area contributed by atoms with Gasteiger partial charge in [-0.25, -0.2) is 9.79 Å². The smallest absolute Gasteiger partial charge is 0.329 e. The molecule has 2 aliphatic rings. The van der Waals surface area contributed by atoms with Crippen molar-refractivity contribution in [3.8, 4) is 0 Å². The monoisotopic (exact) mass is 489 g/mol. The largest absolute Gasteiger partial charge is 0.478 e. The molecule has 2 aliphatic heterocycles. The normalized spacial score (nSPS) is 18.1. The Labute approximate surface area is 211 Å². The topological polar surface area (TPSA) is 73.9 Å². The molecule has 0 atom stereocenters. The van der Waals surface area contributed by atoms with Gasteiger partial charge in [0, 0.05) is 44.3 Å². The Bertz CT molecular complexity index is 1370. The maximum atomic E-state index is 13.2. The lowest BCUT2D eigenvalue weighted by molar-refractivity contribution is 0.0697. The van der Waals surface area contributed by atoms with Crippen molar-refractivity contribution in [1.29, 1.82) is 0 Å². The van der Waals surface area contributed by atoms with Gasteiger partial charge >= 0.3 is 5.69 Å². The average Bonchev–Trinajstić information content (AvgIpc) is 3.14. The fourth-order valence-electron chi connectivity index (χ4n) is 5.06. The fourth-order valence-corrected chi connectivity index (χ4v) is 5.06. The van der Waals surface area contributed by atoms with Gasteiger partial charge in [-0.1, -0.05) is 12.1 Å². The first-order valence-electron chi connectivity index (χ1n) is 12.8. The molecule has 0 unspecified atom stereocenters. The third-order valence-electron chi connectivity index (χ3n) is 7.38. The van der Waals surface area contributed by atoms with Gasteiger partial charge in [-0.15, -0.1) is 0 Å². The second kappa shape index (κ2) is 10.8. The van der Waals surface area contributed by atoms with Gasteiger partial charge in [0.25, 0.3) is 0 Å². The number of rotatable bonds is 9. The van der Waals surface area contributed by atoms with E-state index < -0.39 is 0 Å². The van der Waals surface area contributed by atoms with E-state index >= 15 is 0 Å². The molecule has 8 nitrogen and oxygen atoms in total. The first-order valence-corrected chi connectivity index (χ1v) is 12.8. The summed E-state index contributed by atoms with van der Waals surface area (Å²) in [6.07, 6.45) is 9.64. The predicted octanol–water partition coefficient (Wildman–Crippen LogP) is 4.30. The van der Waals surface area contributed by atoms with Gasteiger partial charge in [0.05, 0.1) is 29.4 Å². The van der Waals surface area contributed by atoms with Crippen molar-refractivity contribution in [1.82, 2.24) is 19.0 Å². The van der Waals surface area contributed by atoms with E-state index in [9.17, 15) is 4.79 Å². The minimum absolute atomic E-state index is 0.000225. The van der Waals surface area contributed by atoms with E-state index in [4.69, 9.17) is 9.47 Å². The van der Waals surface area contributed by atoms with Crippen molar-refractivity contribution < 1.29 is 9.47 Å². The highest BCUT2D eigenvalue weighted by Crippen LogP contribution is 2.30. The number of hydrogen-bond acceptors (Lipinski definition) is 6. The number of benzene rings is 1. The summed E-state index contributed by atoms with van der Waals surface area (Å²) in [6.45, 7) is 11.2. The number of allylic oxidation sites excluding steroid dienone is 3. The number of pyridine rings is 1. The standard InChI is InChI=1S/C28H35N5O3/c1-20(6-9-26(29-2)36-15-5-14-32-12-4-13-32)21-7-8-24-23(18-21)27-25(19-30-24)31(3)28(34)33(27)22-10-16-35-17-11-22/h6-9,18-19,22H,2,4-5,10-17H2,1,3H3/b20-6+,26-9+. The number of likely N-dealkylation sites (tertiary alicyclic amines) is 1. The number of ether oxygens (including phenoxy) is 2. The molecular formula is C28H35N5O3. The zero-order valence-corrected chi connectivity index (χ0v) is 21.3. The summed E-state index contributed by atoms with van der Waals surface area (Å²) in [4.78, 5) is 24.3. The van der Waals surface area contributed by atoms with Crippen LogP contribution in [0, 0.1) is 0 Å². The van der Waals surface area contributed by atoms with Gasteiger partial charge in [0.15, 0.2) is 0 Å². The summed E-state index contributed by atoms with van der Waals surface area (Å²) in [6, 6.07) is 6.35. The lowest BCUT2D eigenvalue weighted by Crippen LogP contribution is -2.38. The molecule has 4 heterocycles. The van der Waals surface area contributed by atoms with E-state index in [1.54, 1.807) is 10.8 Å². The summed E-state index contributed by atoms with van der Waals surface area (Å²) >= 11 is 0. The Hall–Kier alpha value is -3.23. The molecule has 0 aliphatic carbocycles. The number of imidazole rings is 1. The van der Waals surface area contributed by atoms with Crippen LogP contribution in [-0.2, 0) is 16.5 Å². The minimum atomic E-state index is -0.000225. The molecule has 0 N–H and O–H groups in total. The summed E-state index contributed by atoms with van der Waals surface area (Å²) in [5.74, 6) is 0.527. The molecule has 0 amide bonds. The maximum absolute atomic E-state index is 13.2. The van der Waals surface area contributed by atoms with Crippen LogP contribution in [0.4, 0.5) is 0 Å². The van der Waals surface area contributed by atoms with Gasteiger partial charge in [-0.2, -0.15) is 0 Å². The number of hydrogen-bond donors (Lipinski definition) is 0. The van der Waals surface area contributed by atoms with E-state index in [-0.39, 0.29) is 11.7 Å². The van der Waals surface area contributed by atoms with Crippen molar-refractivity contribution in [2.24, 2.45) is 12.0 Å². The second-order valence-corrected chi connectivity index (χ2v) is 9.69. The highest BCUT2D eigenvalue weighted by molar-refractivity contribution is 6.03. The average molecular weight is 490 g/mol. The van der Waals surface area contributed by atoms with Crippen molar-refractivity contribution in [3.05, 3.63) is 58.5 Å². The molecule has 0 spiro atoms. The lowest BCUT2D eigenvalue weighted by atomic mass is 10.0. The molecular weight excluding hydrogens is 454 g/mol. The summed E-state index contributed by atoms with van der Waals surface area (Å²) in [5.41, 5.74) is 4.80. The predicted molar refractivity (Wildman–Crippen MR) is 144 cm³/mol. The molecule has 0 radical (unpaired) electrons. The molecule has 0 saturated carbocycles. The van der Waals surface area contributed by atoms with Gasteiger partial charge in [-0.3, -0.25) is 14.1 Å². The number of aliphatic imine (C=N–C) groups is 1. The quantitative estimate of drug-likeness (QED) is 0.194. The molecule has 5 rings (SSSR count). The highest BCUT2D eigenvalue weighted by atomic mass is 16.5. The SMILES string of the molecule is C=N/C(=C\C=C(/C)c1ccc2ncc3c(c2c1)n(C1CCOCC1)c(=O)n3C)OCCCN1CCC1. The van der Waals surface area contributed by atoms with Crippen LogP contribution in [-0.4, -0.2) is 65.2 Å². The summed E-state index contributed by atoms with van der Waals surface area (Å²) in [5, 5.41) is 0.982.